The van der Waals surface area contributed by atoms with Gasteiger partial charge in [-0.1, -0.05) is 23.7 Å². The SMILES string of the molecule is CCNCc1cn(-c2cc([N+](=O)[O-])ccc2Cl)nn1. The highest BCUT2D eigenvalue weighted by Crippen LogP contribution is 2.24. The van der Waals surface area contributed by atoms with Gasteiger partial charge in [-0.25, -0.2) is 4.68 Å². The molecular weight excluding hydrogens is 270 g/mol. The number of hydrogen-bond donors (Lipinski definition) is 1. The lowest BCUT2D eigenvalue weighted by Gasteiger charge is -2.02. The average Bonchev–Trinajstić information content (AvgIpc) is 2.85. The number of non-ortho nitro benzene ring substituents is 1. The fourth-order valence-corrected chi connectivity index (χ4v) is 1.74. The molecule has 1 N–H and O–H groups in total. The van der Waals surface area contributed by atoms with Crippen LogP contribution in [-0.4, -0.2) is 26.5 Å². The first-order valence-corrected chi connectivity index (χ1v) is 6.06. The highest BCUT2D eigenvalue weighted by Gasteiger charge is 2.12. The predicted molar refractivity (Wildman–Crippen MR) is 70.4 cm³/mol. The molecule has 8 heteroatoms. The molecule has 100 valence electrons. The Hall–Kier alpha value is -1.99. The third-order valence-electron chi connectivity index (χ3n) is 2.48. The summed E-state index contributed by atoms with van der Waals surface area (Å²) in [5.41, 5.74) is 1.14. The summed E-state index contributed by atoms with van der Waals surface area (Å²) in [7, 11) is 0. The van der Waals surface area contributed by atoms with E-state index in [0.29, 0.717) is 17.3 Å². The quantitative estimate of drug-likeness (QED) is 0.668. The molecule has 0 aliphatic carbocycles. The number of nitro benzene ring substituents is 1. The molecule has 0 saturated heterocycles. The van der Waals surface area contributed by atoms with Crippen LogP contribution in [0.1, 0.15) is 12.6 Å². The zero-order chi connectivity index (χ0) is 13.8. The Bertz CT molecular complexity index is 599. The third-order valence-corrected chi connectivity index (χ3v) is 2.80. The molecule has 1 heterocycles. The van der Waals surface area contributed by atoms with E-state index in [1.165, 1.54) is 22.9 Å². The molecule has 19 heavy (non-hydrogen) atoms. The maximum Gasteiger partial charge on any atom is 0.271 e. The minimum absolute atomic E-state index is 0.0388. The first-order chi connectivity index (χ1) is 9.11. The van der Waals surface area contributed by atoms with Crippen LogP contribution in [0, 0.1) is 10.1 Å². The van der Waals surface area contributed by atoms with E-state index < -0.39 is 4.92 Å². The van der Waals surface area contributed by atoms with Gasteiger partial charge in [0.15, 0.2) is 0 Å². The molecule has 0 saturated carbocycles. The molecule has 0 aliphatic rings. The van der Waals surface area contributed by atoms with E-state index in [2.05, 4.69) is 15.6 Å². The number of nitrogens with zero attached hydrogens (tertiary/aromatic N) is 4. The molecule has 1 aromatic heterocycles. The zero-order valence-electron chi connectivity index (χ0n) is 10.2. The van der Waals surface area contributed by atoms with Crippen molar-refractivity contribution in [1.82, 2.24) is 20.3 Å². The molecule has 2 aromatic rings. The second-order valence-corrected chi connectivity index (χ2v) is 4.23. The Labute approximate surface area is 114 Å². The summed E-state index contributed by atoms with van der Waals surface area (Å²) < 4.78 is 1.43. The Balaban J connectivity index is 2.32. The normalized spacial score (nSPS) is 10.6. The number of hydrogen-bond acceptors (Lipinski definition) is 5. The Morgan fingerprint density at radius 3 is 3.00 bits per heavy atom. The third kappa shape index (κ3) is 3.07. The molecule has 2 rings (SSSR count). The molecule has 0 amide bonds. The van der Waals surface area contributed by atoms with Gasteiger partial charge in [-0.3, -0.25) is 10.1 Å². The van der Waals surface area contributed by atoms with Gasteiger partial charge < -0.3 is 5.32 Å². The van der Waals surface area contributed by atoms with E-state index in [-0.39, 0.29) is 5.69 Å². The Morgan fingerprint density at radius 1 is 1.53 bits per heavy atom. The topological polar surface area (TPSA) is 85.9 Å². The number of nitro groups is 1. The summed E-state index contributed by atoms with van der Waals surface area (Å²) in [6, 6.07) is 4.19. The smallest absolute Gasteiger partial charge is 0.271 e. The summed E-state index contributed by atoms with van der Waals surface area (Å²) >= 11 is 6.02. The Morgan fingerprint density at radius 2 is 2.32 bits per heavy atom. The molecule has 7 nitrogen and oxygen atoms in total. The fourth-order valence-electron chi connectivity index (χ4n) is 1.54. The monoisotopic (exact) mass is 281 g/mol. The minimum Gasteiger partial charge on any atom is -0.311 e. The molecule has 0 spiro atoms. The van der Waals surface area contributed by atoms with Gasteiger partial charge in [-0.05, 0) is 12.6 Å². The molecule has 0 bridgehead atoms. The highest BCUT2D eigenvalue weighted by molar-refractivity contribution is 6.32. The van der Waals surface area contributed by atoms with Crippen LogP contribution >= 0.6 is 11.6 Å². The van der Waals surface area contributed by atoms with Gasteiger partial charge in [0.25, 0.3) is 5.69 Å². The summed E-state index contributed by atoms with van der Waals surface area (Å²) in [6.07, 6.45) is 1.69. The van der Waals surface area contributed by atoms with Crippen LogP contribution in [0.4, 0.5) is 5.69 Å². The van der Waals surface area contributed by atoms with Gasteiger partial charge in [0.1, 0.15) is 0 Å². The summed E-state index contributed by atoms with van der Waals surface area (Å²) in [4.78, 5) is 10.3. The lowest BCUT2D eigenvalue weighted by molar-refractivity contribution is -0.384. The van der Waals surface area contributed by atoms with Crippen molar-refractivity contribution < 1.29 is 4.92 Å². The first-order valence-electron chi connectivity index (χ1n) is 5.68. The van der Waals surface area contributed by atoms with Gasteiger partial charge >= 0.3 is 0 Å². The molecule has 0 atom stereocenters. The first kappa shape index (κ1) is 13.4. The largest absolute Gasteiger partial charge is 0.311 e. The van der Waals surface area contributed by atoms with Gasteiger partial charge in [-0.15, -0.1) is 5.10 Å². The molecule has 0 aliphatic heterocycles. The van der Waals surface area contributed by atoms with E-state index in [9.17, 15) is 10.1 Å². The fraction of sp³-hybridized carbons (Fsp3) is 0.273. The molecule has 0 fully saturated rings. The second-order valence-electron chi connectivity index (χ2n) is 3.83. The van der Waals surface area contributed by atoms with Crippen LogP contribution in [0.3, 0.4) is 0 Å². The molecule has 0 radical (unpaired) electrons. The number of nitrogens with one attached hydrogen (secondary N) is 1. The summed E-state index contributed by atoms with van der Waals surface area (Å²) in [5.74, 6) is 0. The molecule has 0 unspecified atom stereocenters. The standard InChI is InChI=1S/C11H12ClN5O2/c1-2-13-6-8-7-16(15-14-8)11-5-9(17(18)19)3-4-10(11)12/h3-5,7,13H,2,6H2,1H3. The number of benzene rings is 1. The van der Waals surface area contributed by atoms with Crippen molar-refractivity contribution in [1.29, 1.82) is 0 Å². The number of rotatable bonds is 5. The summed E-state index contributed by atoms with van der Waals surface area (Å²) in [5, 5.41) is 22.1. The van der Waals surface area contributed by atoms with Gasteiger partial charge in [0.05, 0.1) is 27.5 Å². The van der Waals surface area contributed by atoms with Crippen LogP contribution in [0.15, 0.2) is 24.4 Å². The van der Waals surface area contributed by atoms with Gasteiger partial charge in [0.2, 0.25) is 0 Å². The van der Waals surface area contributed by atoms with Gasteiger partial charge in [-0.2, -0.15) is 0 Å². The van der Waals surface area contributed by atoms with Crippen LogP contribution in [0.5, 0.6) is 0 Å². The zero-order valence-corrected chi connectivity index (χ0v) is 11.0. The molecular formula is C11H12ClN5O2. The van der Waals surface area contributed by atoms with E-state index >= 15 is 0 Å². The number of halogens is 1. The van der Waals surface area contributed by atoms with E-state index in [1.54, 1.807) is 6.20 Å². The van der Waals surface area contributed by atoms with Crippen LogP contribution in [0.25, 0.3) is 5.69 Å². The van der Waals surface area contributed by atoms with Crippen molar-refractivity contribution in [3.63, 3.8) is 0 Å². The van der Waals surface area contributed by atoms with E-state index in [4.69, 9.17) is 11.6 Å². The number of aromatic nitrogens is 3. The van der Waals surface area contributed by atoms with Crippen LogP contribution in [0.2, 0.25) is 5.02 Å². The average molecular weight is 282 g/mol. The maximum absolute atomic E-state index is 10.7. The predicted octanol–water partition coefficient (Wildman–Crippen LogP) is 1.94. The lowest BCUT2D eigenvalue weighted by Crippen LogP contribution is -2.11. The maximum atomic E-state index is 10.7. The van der Waals surface area contributed by atoms with Crippen molar-refractivity contribution in [2.45, 2.75) is 13.5 Å². The van der Waals surface area contributed by atoms with E-state index in [1.807, 2.05) is 6.92 Å². The van der Waals surface area contributed by atoms with Crippen LogP contribution < -0.4 is 5.32 Å². The second kappa shape index (κ2) is 5.77. The van der Waals surface area contributed by atoms with Crippen molar-refractivity contribution >= 4 is 17.3 Å². The lowest BCUT2D eigenvalue weighted by atomic mass is 10.3. The van der Waals surface area contributed by atoms with Crippen molar-refractivity contribution in [2.24, 2.45) is 0 Å². The summed E-state index contributed by atoms with van der Waals surface area (Å²) in [6.45, 7) is 3.40. The molecule has 1 aromatic carbocycles. The minimum atomic E-state index is -0.476. The van der Waals surface area contributed by atoms with Crippen molar-refractivity contribution in [3.05, 3.63) is 45.2 Å². The van der Waals surface area contributed by atoms with Gasteiger partial charge in [0, 0.05) is 18.7 Å². The highest BCUT2D eigenvalue weighted by atomic mass is 35.5. The Kier molecular flexibility index (Phi) is 4.08. The van der Waals surface area contributed by atoms with Crippen LogP contribution in [-0.2, 0) is 6.54 Å². The van der Waals surface area contributed by atoms with Crippen molar-refractivity contribution in [3.8, 4) is 5.69 Å². The van der Waals surface area contributed by atoms with E-state index in [0.717, 1.165) is 12.2 Å². The van der Waals surface area contributed by atoms with Crippen molar-refractivity contribution in [2.75, 3.05) is 6.54 Å².